The first-order valence-corrected chi connectivity index (χ1v) is 12.0. The number of thioether (sulfide) groups is 1. The number of anilines is 2. The van der Waals surface area contributed by atoms with Crippen molar-refractivity contribution in [2.75, 3.05) is 22.1 Å². The highest BCUT2D eigenvalue weighted by Crippen LogP contribution is 2.20. The normalized spacial score (nSPS) is 11.7. The quantitative estimate of drug-likeness (QED) is 0.271. The minimum absolute atomic E-state index is 0.0866. The molecule has 11 heteroatoms. The molecular formula is C18H24N6O2S3. The average Bonchev–Trinajstić information content (AvgIpc) is 3.34. The van der Waals surface area contributed by atoms with Crippen LogP contribution in [-0.2, 0) is 22.4 Å². The first-order chi connectivity index (χ1) is 14.1. The molecule has 0 spiro atoms. The molecule has 0 saturated carbocycles. The van der Waals surface area contributed by atoms with Crippen molar-refractivity contribution in [2.24, 2.45) is 0 Å². The van der Waals surface area contributed by atoms with Crippen LogP contribution in [0.5, 0.6) is 0 Å². The fraction of sp³-hybridized carbons (Fsp3) is 0.444. The van der Waals surface area contributed by atoms with Crippen LogP contribution >= 0.6 is 34.4 Å². The zero-order valence-corrected chi connectivity index (χ0v) is 18.8. The second-order valence-electron chi connectivity index (χ2n) is 5.78. The summed E-state index contributed by atoms with van der Waals surface area (Å²) in [4.78, 5) is 22.5. The van der Waals surface area contributed by atoms with Gasteiger partial charge in [0.25, 0.3) is 0 Å². The van der Waals surface area contributed by atoms with Gasteiger partial charge in [0.1, 0.15) is 10.0 Å². The van der Waals surface area contributed by atoms with Gasteiger partial charge in [-0.3, -0.25) is 9.59 Å². The molecule has 0 aliphatic rings. The summed E-state index contributed by atoms with van der Waals surface area (Å²) < 4.78 is 0. The fourth-order valence-corrected chi connectivity index (χ4v) is 4.76. The molecule has 0 aliphatic carbocycles. The second-order valence-corrected chi connectivity index (χ2v) is 9.12. The zero-order chi connectivity index (χ0) is 20.9. The van der Waals surface area contributed by atoms with E-state index < -0.39 is 0 Å². The van der Waals surface area contributed by atoms with Gasteiger partial charge in [-0.1, -0.05) is 47.8 Å². The highest BCUT2D eigenvalue weighted by molar-refractivity contribution is 7.99. The summed E-state index contributed by atoms with van der Waals surface area (Å²) >= 11 is 4.59. The van der Waals surface area contributed by atoms with Gasteiger partial charge in [-0.05, 0) is 30.4 Å². The summed E-state index contributed by atoms with van der Waals surface area (Å²) in [6.45, 7) is 3.99. The first-order valence-electron chi connectivity index (χ1n) is 9.18. The van der Waals surface area contributed by atoms with Crippen molar-refractivity contribution in [2.45, 2.75) is 39.5 Å². The van der Waals surface area contributed by atoms with E-state index >= 15 is 0 Å². The Morgan fingerprint density at radius 3 is 2.34 bits per heavy atom. The van der Waals surface area contributed by atoms with Crippen molar-refractivity contribution in [3.63, 3.8) is 0 Å². The van der Waals surface area contributed by atoms with Crippen LogP contribution in [0.25, 0.3) is 0 Å². The molecule has 0 fully saturated rings. The van der Waals surface area contributed by atoms with Crippen molar-refractivity contribution in [1.29, 1.82) is 0 Å². The third-order valence-corrected chi connectivity index (χ3v) is 6.38. The van der Waals surface area contributed by atoms with E-state index in [1.54, 1.807) is 11.8 Å². The maximum atomic E-state index is 12.1. The van der Waals surface area contributed by atoms with Gasteiger partial charge < -0.3 is 10.6 Å². The number of nitrogens with one attached hydrogen (secondary N) is 2. The molecule has 29 heavy (non-hydrogen) atoms. The van der Waals surface area contributed by atoms with Crippen LogP contribution in [0.3, 0.4) is 0 Å². The average molecular weight is 453 g/mol. The van der Waals surface area contributed by atoms with E-state index in [2.05, 4.69) is 38.0 Å². The molecule has 2 aromatic rings. The molecule has 156 valence electrons. The number of hydrogen-bond donors (Lipinski definition) is 2. The Morgan fingerprint density at radius 1 is 1.07 bits per heavy atom. The van der Waals surface area contributed by atoms with Gasteiger partial charge in [-0.15, -0.1) is 20.4 Å². The van der Waals surface area contributed by atoms with Crippen LogP contribution in [0.4, 0.5) is 10.3 Å². The van der Waals surface area contributed by atoms with Crippen LogP contribution < -0.4 is 10.6 Å². The highest BCUT2D eigenvalue weighted by Gasteiger charge is 2.09. The van der Waals surface area contributed by atoms with Crippen LogP contribution in [-0.4, -0.2) is 44.2 Å². The molecule has 0 radical (unpaired) electrons. The number of aryl methyl sites for hydroxylation is 2. The molecule has 0 saturated heterocycles. The number of aromatic nitrogens is 4. The Hall–Kier alpha value is -2.11. The van der Waals surface area contributed by atoms with Crippen molar-refractivity contribution in [3.8, 4) is 0 Å². The Kier molecular flexibility index (Phi) is 10.5. The molecule has 2 rings (SSSR count). The van der Waals surface area contributed by atoms with Crippen LogP contribution in [0.15, 0.2) is 23.8 Å². The molecule has 2 N–H and O–H groups in total. The standard InChI is InChI=1S/C18H24N6O2S3/c1-3-5-6-13(4-2)11-14(26)20-18-24-22-16(29-18)8-10-27-9-7-15-21-23-17(28-15)19-12-25/h4-6,12H,3,7-11H2,1-2H3,(H,19,23,25)(H,20,24,26)/b6-5-,13-4+. The van der Waals surface area contributed by atoms with Gasteiger partial charge in [0.2, 0.25) is 22.6 Å². The monoisotopic (exact) mass is 452 g/mol. The lowest BCUT2D eigenvalue weighted by molar-refractivity contribution is -0.115. The number of carbonyl (C=O) groups is 2. The predicted molar refractivity (Wildman–Crippen MR) is 121 cm³/mol. The molecule has 0 unspecified atom stereocenters. The Bertz CT molecular complexity index is 846. The number of hydrogen-bond acceptors (Lipinski definition) is 9. The van der Waals surface area contributed by atoms with Crippen molar-refractivity contribution in [3.05, 3.63) is 33.8 Å². The lowest BCUT2D eigenvalue weighted by atomic mass is 10.1. The third kappa shape index (κ3) is 8.84. The lowest BCUT2D eigenvalue weighted by Crippen LogP contribution is -2.11. The number of rotatable bonds is 13. The van der Waals surface area contributed by atoms with Gasteiger partial charge in [0.15, 0.2) is 0 Å². The van der Waals surface area contributed by atoms with Crippen molar-refractivity contribution in [1.82, 2.24) is 20.4 Å². The van der Waals surface area contributed by atoms with Crippen LogP contribution in [0.1, 0.15) is 36.7 Å². The second kappa shape index (κ2) is 13.2. The Balaban J connectivity index is 1.67. The summed E-state index contributed by atoms with van der Waals surface area (Å²) in [6.07, 6.45) is 9.42. The maximum Gasteiger partial charge on any atom is 0.230 e. The summed E-state index contributed by atoms with van der Waals surface area (Å²) in [7, 11) is 0. The minimum Gasteiger partial charge on any atom is -0.303 e. The topological polar surface area (TPSA) is 110 Å². The summed E-state index contributed by atoms with van der Waals surface area (Å²) in [6, 6.07) is 0. The SMILES string of the molecule is C/C=C(\C=C/CC)CC(=O)Nc1nnc(CCSCCc2nnc(NC=O)s2)s1. The molecule has 2 aromatic heterocycles. The predicted octanol–water partition coefficient (Wildman–Crippen LogP) is 3.72. The molecular weight excluding hydrogens is 428 g/mol. The number of carbonyl (C=O) groups excluding carboxylic acids is 2. The third-order valence-electron chi connectivity index (χ3n) is 3.59. The van der Waals surface area contributed by atoms with E-state index in [1.807, 2.05) is 25.2 Å². The van der Waals surface area contributed by atoms with Gasteiger partial charge in [-0.25, -0.2) is 0 Å². The van der Waals surface area contributed by atoms with Gasteiger partial charge in [-0.2, -0.15) is 11.8 Å². The van der Waals surface area contributed by atoms with E-state index in [-0.39, 0.29) is 5.91 Å². The van der Waals surface area contributed by atoms with Crippen LogP contribution in [0.2, 0.25) is 0 Å². The molecule has 2 amide bonds. The first kappa shape index (κ1) is 23.2. The summed E-state index contributed by atoms with van der Waals surface area (Å²) in [5.74, 6) is 1.73. The van der Waals surface area contributed by atoms with Gasteiger partial charge in [0.05, 0.1) is 6.42 Å². The number of amides is 2. The molecule has 2 heterocycles. The van der Waals surface area contributed by atoms with E-state index in [4.69, 9.17) is 0 Å². The molecule has 0 atom stereocenters. The van der Waals surface area contributed by atoms with E-state index in [1.165, 1.54) is 22.7 Å². The van der Waals surface area contributed by atoms with Crippen molar-refractivity contribution >= 4 is 57.0 Å². The molecule has 0 bridgehead atoms. The van der Waals surface area contributed by atoms with Gasteiger partial charge >= 0.3 is 0 Å². The number of nitrogens with zero attached hydrogens (tertiary/aromatic N) is 4. The fourth-order valence-electron chi connectivity index (χ4n) is 2.16. The van der Waals surface area contributed by atoms with Crippen LogP contribution in [0, 0.1) is 0 Å². The smallest absolute Gasteiger partial charge is 0.230 e. The molecule has 0 aliphatic heterocycles. The lowest BCUT2D eigenvalue weighted by Gasteiger charge is -2.01. The van der Waals surface area contributed by atoms with E-state index in [9.17, 15) is 9.59 Å². The number of allylic oxidation sites excluding steroid dienone is 3. The Labute approximate surface area is 182 Å². The molecule has 0 aromatic carbocycles. The Morgan fingerprint density at radius 2 is 1.72 bits per heavy atom. The molecule has 8 nitrogen and oxygen atoms in total. The zero-order valence-electron chi connectivity index (χ0n) is 16.4. The minimum atomic E-state index is -0.0866. The van der Waals surface area contributed by atoms with Gasteiger partial charge in [0, 0.05) is 12.8 Å². The van der Waals surface area contributed by atoms with E-state index in [0.717, 1.165) is 46.4 Å². The maximum absolute atomic E-state index is 12.1. The highest BCUT2D eigenvalue weighted by atomic mass is 32.2. The summed E-state index contributed by atoms with van der Waals surface area (Å²) in [5, 5.41) is 24.3. The summed E-state index contributed by atoms with van der Waals surface area (Å²) in [5.41, 5.74) is 0.981. The van der Waals surface area contributed by atoms with Crippen molar-refractivity contribution < 1.29 is 9.59 Å². The van der Waals surface area contributed by atoms with E-state index in [0.29, 0.717) is 23.1 Å². The largest absolute Gasteiger partial charge is 0.303 e.